The van der Waals surface area contributed by atoms with Crippen molar-refractivity contribution in [1.29, 1.82) is 0 Å². The van der Waals surface area contributed by atoms with Crippen LogP contribution in [0.25, 0.3) is 0 Å². The zero-order valence-electron chi connectivity index (χ0n) is 7.56. The summed E-state index contributed by atoms with van der Waals surface area (Å²) in [6.07, 6.45) is 0. The van der Waals surface area contributed by atoms with Gasteiger partial charge >= 0.3 is 0 Å². The second-order valence-electron chi connectivity index (χ2n) is 1.58. The SMILES string of the molecule is [2H]C([2H])([2H])c1ccc(N)c(Br)n1. The molecule has 2 nitrogen and oxygen atoms in total. The molecular weight excluding hydrogens is 180 g/mol. The minimum absolute atomic E-state index is 0.0450. The van der Waals surface area contributed by atoms with Gasteiger partial charge in [0.1, 0.15) is 4.60 Å². The highest BCUT2D eigenvalue weighted by Gasteiger charge is 1.93. The summed E-state index contributed by atoms with van der Waals surface area (Å²) >= 11 is 3.05. The number of nitrogens with two attached hydrogens (primary N) is 1. The van der Waals surface area contributed by atoms with Gasteiger partial charge in [0.05, 0.1) is 5.69 Å². The molecule has 0 unspecified atom stereocenters. The number of aryl methyl sites for hydroxylation is 1. The van der Waals surface area contributed by atoms with E-state index in [9.17, 15) is 0 Å². The van der Waals surface area contributed by atoms with Crippen LogP contribution in [0.1, 0.15) is 9.81 Å². The summed E-state index contributed by atoms with van der Waals surface area (Å²) in [6.45, 7) is -2.17. The number of nitrogen functional groups attached to an aromatic ring is 1. The number of hydrogen-bond donors (Lipinski definition) is 1. The third kappa shape index (κ3) is 1.42. The first-order chi connectivity index (χ1) is 5.41. The number of aromatic nitrogens is 1. The van der Waals surface area contributed by atoms with Crippen LogP contribution < -0.4 is 5.73 Å². The number of hydrogen-bond acceptors (Lipinski definition) is 2. The van der Waals surface area contributed by atoms with Crippen molar-refractivity contribution in [3.8, 4) is 0 Å². The average Bonchev–Trinajstić information content (AvgIpc) is 1.92. The van der Waals surface area contributed by atoms with Crippen molar-refractivity contribution in [1.82, 2.24) is 4.98 Å². The Morgan fingerprint density at radius 1 is 1.78 bits per heavy atom. The summed E-state index contributed by atoms with van der Waals surface area (Å²) < 4.78 is 21.5. The molecule has 2 N–H and O–H groups in total. The van der Waals surface area contributed by atoms with Gasteiger partial charge in [-0.05, 0) is 34.9 Å². The van der Waals surface area contributed by atoms with E-state index >= 15 is 0 Å². The van der Waals surface area contributed by atoms with Crippen molar-refractivity contribution in [3.63, 3.8) is 0 Å². The van der Waals surface area contributed by atoms with Crippen LogP contribution in [0.15, 0.2) is 16.7 Å². The maximum absolute atomic E-state index is 7.05. The zero-order valence-corrected chi connectivity index (χ0v) is 6.14. The lowest BCUT2D eigenvalue weighted by atomic mass is 10.4. The molecule has 9 heavy (non-hydrogen) atoms. The summed E-state index contributed by atoms with van der Waals surface area (Å²) in [5.41, 5.74) is 5.92. The first-order valence-electron chi connectivity index (χ1n) is 3.84. The third-order valence-corrected chi connectivity index (χ3v) is 1.51. The molecule has 3 heteroatoms. The Hall–Kier alpha value is -0.570. The van der Waals surface area contributed by atoms with E-state index in [4.69, 9.17) is 9.85 Å². The fourth-order valence-electron chi connectivity index (χ4n) is 0.445. The highest BCUT2D eigenvalue weighted by Crippen LogP contribution is 2.15. The fraction of sp³-hybridized carbons (Fsp3) is 0.167. The molecule has 0 bridgehead atoms. The summed E-state index contributed by atoms with van der Waals surface area (Å²) in [5.74, 6) is 0. The maximum atomic E-state index is 7.05. The van der Waals surface area contributed by atoms with E-state index in [1.54, 1.807) is 0 Å². The van der Waals surface area contributed by atoms with Crippen molar-refractivity contribution >= 4 is 21.6 Å². The van der Waals surface area contributed by atoms with Crippen molar-refractivity contribution in [3.05, 3.63) is 22.4 Å². The number of pyridine rings is 1. The lowest BCUT2D eigenvalue weighted by Gasteiger charge is -1.95. The number of rotatable bonds is 0. The molecule has 0 saturated heterocycles. The second kappa shape index (κ2) is 2.35. The molecule has 1 aromatic rings. The maximum Gasteiger partial charge on any atom is 0.129 e. The molecule has 0 atom stereocenters. The first kappa shape index (κ1) is 3.56. The highest BCUT2D eigenvalue weighted by atomic mass is 79.9. The molecule has 0 aromatic carbocycles. The van der Waals surface area contributed by atoms with Crippen LogP contribution in [0.3, 0.4) is 0 Å². The molecule has 1 rings (SSSR count). The van der Waals surface area contributed by atoms with Crippen LogP contribution in [-0.2, 0) is 0 Å². The normalized spacial score (nSPS) is 15.9. The molecule has 0 radical (unpaired) electrons. The largest absolute Gasteiger partial charge is 0.397 e. The Bertz CT molecular complexity index is 297. The molecule has 1 aromatic heterocycles. The van der Waals surface area contributed by atoms with Crippen LogP contribution in [0.2, 0.25) is 0 Å². The molecule has 0 aliphatic rings. The summed E-state index contributed by atoms with van der Waals surface area (Å²) in [5, 5.41) is 0. The van der Waals surface area contributed by atoms with Crippen molar-refractivity contribution in [2.24, 2.45) is 0 Å². The Balaban J connectivity index is 3.14. The zero-order chi connectivity index (χ0) is 9.35. The third-order valence-electron chi connectivity index (χ3n) is 0.878. The van der Waals surface area contributed by atoms with Crippen LogP contribution in [0.5, 0.6) is 0 Å². The van der Waals surface area contributed by atoms with Crippen LogP contribution in [-0.4, -0.2) is 4.98 Å². The van der Waals surface area contributed by atoms with Gasteiger partial charge in [-0.2, -0.15) is 0 Å². The van der Waals surface area contributed by atoms with Gasteiger partial charge in [0.15, 0.2) is 0 Å². The summed E-state index contributed by atoms with van der Waals surface area (Å²) in [6, 6.07) is 2.91. The first-order valence-corrected chi connectivity index (χ1v) is 3.13. The van der Waals surface area contributed by atoms with E-state index in [1.165, 1.54) is 12.1 Å². The highest BCUT2D eigenvalue weighted by molar-refractivity contribution is 9.10. The molecule has 0 spiro atoms. The Morgan fingerprint density at radius 3 is 3.11 bits per heavy atom. The lowest BCUT2D eigenvalue weighted by Crippen LogP contribution is -1.89. The van der Waals surface area contributed by atoms with E-state index in [2.05, 4.69) is 20.9 Å². The predicted octanol–water partition coefficient (Wildman–Crippen LogP) is 1.73. The lowest BCUT2D eigenvalue weighted by molar-refractivity contribution is 1.17. The van der Waals surface area contributed by atoms with E-state index in [0.717, 1.165) is 0 Å². The van der Waals surface area contributed by atoms with Gasteiger partial charge in [-0.15, -0.1) is 0 Å². The summed E-state index contributed by atoms with van der Waals surface area (Å²) in [7, 11) is 0. The fourth-order valence-corrected chi connectivity index (χ4v) is 0.768. The van der Waals surface area contributed by atoms with Crippen LogP contribution >= 0.6 is 15.9 Å². The Kier molecular flexibility index (Phi) is 0.931. The monoisotopic (exact) mass is 189 g/mol. The predicted molar refractivity (Wildman–Crippen MR) is 41.1 cm³/mol. The molecule has 1 heterocycles. The Morgan fingerprint density at radius 2 is 2.56 bits per heavy atom. The number of halogens is 1. The minimum Gasteiger partial charge on any atom is -0.397 e. The van der Waals surface area contributed by atoms with Gasteiger partial charge in [0.25, 0.3) is 0 Å². The Labute approximate surface area is 66.4 Å². The second-order valence-corrected chi connectivity index (χ2v) is 2.33. The van der Waals surface area contributed by atoms with Crippen molar-refractivity contribution < 1.29 is 4.11 Å². The quantitative estimate of drug-likeness (QED) is 0.632. The van der Waals surface area contributed by atoms with E-state index in [0.29, 0.717) is 10.3 Å². The molecule has 0 aliphatic heterocycles. The van der Waals surface area contributed by atoms with Gasteiger partial charge in [-0.25, -0.2) is 4.98 Å². The van der Waals surface area contributed by atoms with Gasteiger partial charge in [-0.1, -0.05) is 0 Å². The van der Waals surface area contributed by atoms with E-state index in [1.807, 2.05) is 0 Å². The topological polar surface area (TPSA) is 38.9 Å². The standard InChI is InChI=1S/C6H7BrN2/c1-4-2-3-5(8)6(7)9-4/h2-3H,8H2,1H3/i1D3. The molecule has 0 aliphatic carbocycles. The molecule has 0 amide bonds. The molecule has 48 valence electrons. The molecule has 0 fully saturated rings. The average molecular weight is 190 g/mol. The molecule has 0 saturated carbocycles. The van der Waals surface area contributed by atoms with E-state index in [-0.39, 0.29) is 5.69 Å². The number of nitrogens with zero attached hydrogens (tertiary/aromatic N) is 1. The van der Waals surface area contributed by atoms with Crippen LogP contribution in [0, 0.1) is 6.85 Å². The van der Waals surface area contributed by atoms with Crippen molar-refractivity contribution in [2.75, 3.05) is 5.73 Å². The van der Waals surface area contributed by atoms with Gasteiger partial charge in [-0.3, -0.25) is 0 Å². The van der Waals surface area contributed by atoms with Crippen molar-refractivity contribution in [2.45, 2.75) is 6.85 Å². The van der Waals surface area contributed by atoms with Gasteiger partial charge < -0.3 is 5.73 Å². The van der Waals surface area contributed by atoms with E-state index < -0.39 is 6.85 Å². The molecular formula is C6H7BrN2. The van der Waals surface area contributed by atoms with Gasteiger partial charge in [0, 0.05) is 9.81 Å². The van der Waals surface area contributed by atoms with Crippen LogP contribution in [0.4, 0.5) is 5.69 Å². The van der Waals surface area contributed by atoms with Gasteiger partial charge in [0.2, 0.25) is 0 Å². The number of anilines is 1. The summed E-state index contributed by atoms with van der Waals surface area (Å²) in [4.78, 5) is 3.77. The smallest absolute Gasteiger partial charge is 0.129 e. The minimum atomic E-state index is -2.17.